The van der Waals surface area contributed by atoms with Crippen LogP contribution in [0.25, 0.3) is 10.9 Å². The van der Waals surface area contributed by atoms with Crippen molar-refractivity contribution in [3.05, 3.63) is 83.4 Å². The fraction of sp³-hybridized carbons (Fsp3) is 0.0952. The number of nitrogens with zero attached hydrogens (tertiary/aromatic N) is 1. The van der Waals surface area contributed by atoms with Gasteiger partial charge in [-0.15, -0.1) is 0 Å². The lowest BCUT2D eigenvalue weighted by Gasteiger charge is -2.05. The van der Waals surface area contributed by atoms with Gasteiger partial charge in [-0.1, -0.05) is 42.1 Å². The maximum atomic E-state index is 13.1. The number of halogens is 1. The smallest absolute Gasteiger partial charge is 0.296 e. The van der Waals surface area contributed by atoms with Crippen LogP contribution in [0.1, 0.15) is 15.9 Å². The van der Waals surface area contributed by atoms with E-state index in [-0.39, 0.29) is 16.5 Å². The van der Waals surface area contributed by atoms with Gasteiger partial charge in [0.15, 0.2) is 0 Å². The van der Waals surface area contributed by atoms with E-state index in [1.54, 1.807) is 30.5 Å². The first kappa shape index (κ1) is 18.2. The Hall–Kier alpha value is -3.19. The minimum atomic E-state index is -0.772. The highest BCUT2D eigenvalue weighted by atomic mass is 32.2. The van der Waals surface area contributed by atoms with Gasteiger partial charge < -0.3 is 9.88 Å². The summed E-state index contributed by atoms with van der Waals surface area (Å²) in [7, 11) is 0. The standard InChI is InChI=1S/C21H15FN2O3S/c22-14-7-5-13(6-8-14)10-24-11-17(16-3-1-2-4-18(16)24)20(26)21(27)23-15-9-19(25)28-12-15/h1-9,11H,10,12H2,(H,23,27). The molecule has 4 rings (SSSR count). The van der Waals surface area contributed by atoms with Gasteiger partial charge in [-0.05, 0) is 23.8 Å². The van der Waals surface area contributed by atoms with Crippen molar-refractivity contribution in [2.45, 2.75) is 6.54 Å². The Labute approximate surface area is 164 Å². The molecule has 7 heteroatoms. The maximum Gasteiger partial charge on any atom is 0.296 e. The van der Waals surface area contributed by atoms with Crippen molar-refractivity contribution in [1.29, 1.82) is 0 Å². The molecule has 2 aromatic carbocycles. The number of hydrogen-bond donors (Lipinski definition) is 1. The van der Waals surface area contributed by atoms with Gasteiger partial charge in [0.2, 0.25) is 5.12 Å². The zero-order valence-electron chi connectivity index (χ0n) is 14.6. The van der Waals surface area contributed by atoms with Crippen LogP contribution in [0, 0.1) is 5.82 Å². The Morgan fingerprint density at radius 3 is 2.57 bits per heavy atom. The number of nitrogens with one attached hydrogen (secondary N) is 1. The van der Waals surface area contributed by atoms with Crippen LogP contribution in [-0.2, 0) is 16.1 Å². The number of carbonyl (C=O) groups is 3. The molecule has 1 N–H and O–H groups in total. The first-order valence-electron chi connectivity index (χ1n) is 8.56. The summed E-state index contributed by atoms with van der Waals surface area (Å²) < 4.78 is 15.0. The largest absolute Gasteiger partial charge is 0.342 e. The quantitative estimate of drug-likeness (QED) is 0.533. The fourth-order valence-corrected chi connectivity index (χ4v) is 3.80. The summed E-state index contributed by atoms with van der Waals surface area (Å²) in [4.78, 5) is 36.4. The van der Waals surface area contributed by atoms with Crippen LogP contribution in [0.5, 0.6) is 0 Å². The molecule has 3 aromatic rings. The molecule has 0 saturated heterocycles. The number of thioether (sulfide) groups is 1. The second kappa shape index (κ2) is 7.44. The van der Waals surface area contributed by atoms with E-state index in [1.807, 2.05) is 16.7 Å². The van der Waals surface area contributed by atoms with E-state index >= 15 is 0 Å². The number of amides is 1. The fourth-order valence-electron chi connectivity index (χ4n) is 3.12. The number of rotatable bonds is 5. The molecule has 5 nitrogen and oxygen atoms in total. The first-order valence-corrected chi connectivity index (χ1v) is 9.55. The Kier molecular flexibility index (Phi) is 4.83. The van der Waals surface area contributed by atoms with E-state index in [4.69, 9.17) is 0 Å². The van der Waals surface area contributed by atoms with E-state index < -0.39 is 11.7 Å². The molecule has 1 aliphatic heterocycles. The highest BCUT2D eigenvalue weighted by Crippen LogP contribution is 2.24. The number of benzene rings is 2. The van der Waals surface area contributed by atoms with Crippen molar-refractivity contribution in [3.8, 4) is 0 Å². The van der Waals surface area contributed by atoms with Crippen LogP contribution in [0.4, 0.5) is 4.39 Å². The van der Waals surface area contributed by atoms with E-state index in [1.165, 1.54) is 18.2 Å². The molecular weight excluding hydrogens is 379 g/mol. The third kappa shape index (κ3) is 3.61. The van der Waals surface area contributed by atoms with E-state index in [0.717, 1.165) is 22.8 Å². The molecular formula is C21H15FN2O3S. The molecule has 0 fully saturated rings. The van der Waals surface area contributed by atoms with E-state index in [2.05, 4.69) is 5.32 Å². The highest BCUT2D eigenvalue weighted by Gasteiger charge is 2.24. The molecule has 1 aromatic heterocycles. The number of aromatic nitrogens is 1. The van der Waals surface area contributed by atoms with Crippen LogP contribution in [0.15, 0.2) is 66.5 Å². The summed E-state index contributed by atoms with van der Waals surface area (Å²) in [5, 5.41) is 3.04. The van der Waals surface area contributed by atoms with Gasteiger partial charge in [0, 0.05) is 41.2 Å². The zero-order valence-corrected chi connectivity index (χ0v) is 15.5. The van der Waals surface area contributed by atoms with Gasteiger partial charge >= 0.3 is 0 Å². The van der Waals surface area contributed by atoms with Gasteiger partial charge in [-0.25, -0.2) is 4.39 Å². The molecule has 0 unspecified atom stereocenters. The van der Waals surface area contributed by atoms with Crippen LogP contribution < -0.4 is 5.32 Å². The van der Waals surface area contributed by atoms with Gasteiger partial charge in [0.1, 0.15) is 5.82 Å². The monoisotopic (exact) mass is 394 g/mol. The Balaban J connectivity index is 1.64. The SMILES string of the molecule is O=C1C=C(NC(=O)C(=O)c2cn(Cc3ccc(F)cc3)c3ccccc23)CS1. The topological polar surface area (TPSA) is 68.2 Å². The van der Waals surface area contributed by atoms with Crippen molar-refractivity contribution in [3.63, 3.8) is 0 Å². The summed E-state index contributed by atoms with van der Waals surface area (Å²) >= 11 is 1.08. The van der Waals surface area contributed by atoms with Gasteiger partial charge in [-0.3, -0.25) is 14.4 Å². The molecule has 2 heterocycles. The highest BCUT2D eigenvalue weighted by molar-refractivity contribution is 8.14. The predicted molar refractivity (Wildman–Crippen MR) is 105 cm³/mol. The van der Waals surface area contributed by atoms with Crippen molar-refractivity contribution >= 4 is 39.5 Å². The number of fused-ring (bicyclic) bond motifs is 1. The lowest BCUT2D eigenvalue weighted by atomic mass is 10.1. The minimum Gasteiger partial charge on any atom is -0.342 e. The number of Topliss-reactive ketones (excluding diaryl/α,β-unsaturated/α-hetero) is 1. The van der Waals surface area contributed by atoms with Gasteiger partial charge in [0.25, 0.3) is 11.7 Å². The Morgan fingerprint density at radius 1 is 1.11 bits per heavy atom. The number of para-hydroxylation sites is 1. The molecule has 0 saturated carbocycles. The van der Waals surface area contributed by atoms with Crippen LogP contribution in [0.3, 0.4) is 0 Å². The third-order valence-electron chi connectivity index (χ3n) is 4.44. The molecule has 0 atom stereocenters. The van der Waals surface area contributed by atoms with Crippen LogP contribution in [0.2, 0.25) is 0 Å². The predicted octanol–water partition coefficient (Wildman–Crippen LogP) is 3.28. The molecule has 0 radical (unpaired) electrons. The van der Waals surface area contributed by atoms with Crippen molar-refractivity contribution in [2.24, 2.45) is 0 Å². The lowest BCUT2D eigenvalue weighted by molar-refractivity contribution is -0.116. The summed E-state index contributed by atoms with van der Waals surface area (Å²) in [5.74, 6) is -1.40. The van der Waals surface area contributed by atoms with E-state index in [0.29, 0.717) is 23.4 Å². The number of carbonyl (C=O) groups excluding carboxylic acids is 3. The summed E-state index contributed by atoms with van der Waals surface area (Å²) in [6.07, 6.45) is 2.96. The average Bonchev–Trinajstić information content (AvgIpc) is 3.27. The van der Waals surface area contributed by atoms with E-state index in [9.17, 15) is 18.8 Å². The Bertz CT molecular complexity index is 1130. The summed E-state index contributed by atoms with van der Waals surface area (Å²) in [6.45, 7) is 0.436. The van der Waals surface area contributed by atoms with Crippen LogP contribution >= 0.6 is 11.8 Å². The normalized spacial score (nSPS) is 13.6. The molecule has 0 bridgehead atoms. The molecule has 28 heavy (non-hydrogen) atoms. The van der Waals surface area contributed by atoms with Crippen molar-refractivity contribution in [2.75, 3.05) is 5.75 Å². The average molecular weight is 394 g/mol. The maximum absolute atomic E-state index is 13.1. The van der Waals surface area contributed by atoms with Crippen LogP contribution in [-0.4, -0.2) is 27.1 Å². The number of ketones is 1. The lowest BCUT2D eigenvalue weighted by Crippen LogP contribution is -2.30. The summed E-state index contributed by atoms with van der Waals surface area (Å²) in [6, 6.07) is 13.4. The molecule has 140 valence electrons. The molecule has 0 spiro atoms. The molecule has 0 aliphatic carbocycles. The molecule has 1 aliphatic rings. The van der Waals surface area contributed by atoms with Crippen molar-refractivity contribution < 1.29 is 18.8 Å². The second-order valence-corrected chi connectivity index (χ2v) is 7.35. The van der Waals surface area contributed by atoms with Crippen molar-refractivity contribution in [1.82, 2.24) is 9.88 Å². The zero-order chi connectivity index (χ0) is 19.7. The first-order chi connectivity index (χ1) is 13.5. The third-order valence-corrected chi connectivity index (χ3v) is 5.30. The Morgan fingerprint density at radius 2 is 1.86 bits per heavy atom. The number of hydrogen-bond acceptors (Lipinski definition) is 4. The van der Waals surface area contributed by atoms with Gasteiger partial charge in [-0.2, -0.15) is 0 Å². The van der Waals surface area contributed by atoms with Gasteiger partial charge in [0.05, 0.1) is 5.56 Å². The minimum absolute atomic E-state index is 0.140. The summed E-state index contributed by atoms with van der Waals surface area (Å²) in [5.41, 5.74) is 2.39. The second-order valence-electron chi connectivity index (χ2n) is 6.37. The molecule has 1 amide bonds.